The van der Waals surface area contributed by atoms with Crippen LogP contribution < -0.4 is 5.32 Å². The van der Waals surface area contributed by atoms with Gasteiger partial charge in [-0.2, -0.15) is 0 Å². The molecule has 0 aliphatic rings. The Balaban J connectivity index is 1.84. The smallest absolute Gasteiger partial charge is 0.342 e. The maximum Gasteiger partial charge on any atom is 0.342 e. The molecule has 0 bridgehead atoms. The Morgan fingerprint density at radius 2 is 1.81 bits per heavy atom. The SMILES string of the molecule is CN(CC(=O)Nc1ccc(Cl)c(Cl)c1)C(=O)COC(=O)c1ccccc1O. The number of carbonyl (C=O) groups is 3. The van der Waals surface area contributed by atoms with Crippen molar-refractivity contribution in [1.29, 1.82) is 0 Å². The second-order valence-corrected chi connectivity index (χ2v) is 6.33. The number of nitrogens with one attached hydrogen (secondary N) is 1. The van der Waals surface area contributed by atoms with Gasteiger partial charge in [-0.3, -0.25) is 9.59 Å². The first-order chi connectivity index (χ1) is 12.8. The zero-order valence-electron chi connectivity index (χ0n) is 14.2. The van der Waals surface area contributed by atoms with Gasteiger partial charge in [0.1, 0.15) is 11.3 Å². The lowest BCUT2D eigenvalue weighted by Gasteiger charge is -2.17. The van der Waals surface area contributed by atoms with Crippen LogP contribution in [0.2, 0.25) is 10.0 Å². The lowest BCUT2D eigenvalue weighted by atomic mass is 10.2. The lowest BCUT2D eigenvalue weighted by molar-refractivity contribution is -0.136. The van der Waals surface area contributed by atoms with Gasteiger partial charge in [0.2, 0.25) is 5.91 Å². The number of rotatable bonds is 6. The molecule has 2 rings (SSSR count). The molecule has 0 saturated carbocycles. The van der Waals surface area contributed by atoms with Gasteiger partial charge < -0.3 is 20.1 Å². The highest BCUT2D eigenvalue weighted by atomic mass is 35.5. The number of para-hydroxylation sites is 1. The summed E-state index contributed by atoms with van der Waals surface area (Å²) in [6, 6.07) is 10.4. The van der Waals surface area contributed by atoms with Crippen molar-refractivity contribution in [3.63, 3.8) is 0 Å². The number of esters is 1. The molecular formula is C18H16Cl2N2O5. The van der Waals surface area contributed by atoms with Crippen molar-refractivity contribution < 1.29 is 24.2 Å². The Labute approximate surface area is 165 Å². The maximum atomic E-state index is 12.0. The molecule has 0 saturated heterocycles. The first-order valence-electron chi connectivity index (χ1n) is 7.72. The Hall–Kier alpha value is -2.77. The largest absolute Gasteiger partial charge is 0.507 e. The number of amides is 2. The summed E-state index contributed by atoms with van der Waals surface area (Å²) in [7, 11) is 1.39. The summed E-state index contributed by atoms with van der Waals surface area (Å²) in [5.74, 6) is -2.13. The number of phenols is 1. The number of hydrogen-bond donors (Lipinski definition) is 2. The van der Waals surface area contributed by atoms with E-state index in [9.17, 15) is 19.5 Å². The Kier molecular flexibility index (Phi) is 7.04. The predicted octanol–water partition coefficient (Wildman–Crippen LogP) is 2.95. The van der Waals surface area contributed by atoms with Crippen molar-refractivity contribution >= 4 is 46.7 Å². The standard InChI is InChI=1S/C18H16Cl2N2O5/c1-22(9-16(24)21-11-6-7-13(19)14(20)8-11)17(25)10-27-18(26)12-4-2-3-5-15(12)23/h2-8,23H,9-10H2,1H3,(H,21,24). The molecule has 0 atom stereocenters. The molecule has 0 spiro atoms. The van der Waals surface area contributed by atoms with Crippen LogP contribution in [0.3, 0.4) is 0 Å². The topological polar surface area (TPSA) is 95.9 Å². The van der Waals surface area contributed by atoms with Gasteiger partial charge in [0.25, 0.3) is 5.91 Å². The fourth-order valence-electron chi connectivity index (χ4n) is 2.04. The van der Waals surface area contributed by atoms with Crippen LogP contribution in [0.4, 0.5) is 5.69 Å². The summed E-state index contributed by atoms with van der Waals surface area (Å²) in [6.07, 6.45) is 0. The molecule has 0 fully saturated rings. The van der Waals surface area contributed by atoms with E-state index >= 15 is 0 Å². The van der Waals surface area contributed by atoms with Gasteiger partial charge >= 0.3 is 5.97 Å². The molecule has 0 radical (unpaired) electrons. The van der Waals surface area contributed by atoms with Gasteiger partial charge in [0.15, 0.2) is 6.61 Å². The number of likely N-dealkylation sites (N-methyl/N-ethyl adjacent to an activating group) is 1. The first-order valence-corrected chi connectivity index (χ1v) is 8.47. The summed E-state index contributed by atoms with van der Waals surface area (Å²) in [5, 5.41) is 12.8. The molecule has 0 unspecified atom stereocenters. The second kappa shape index (κ2) is 9.25. The third kappa shape index (κ3) is 5.87. The molecule has 7 nitrogen and oxygen atoms in total. The van der Waals surface area contributed by atoms with E-state index in [0.717, 1.165) is 4.90 Å². The Bertz CT molecular complexity index is 873. The molecule has 0 aromatic heterocycles. The highest BCUT2D eigenvalue weighted by molar-refractivity contribution is 6.42. The molecule has 2 N–H and O–H groups in total. The summed E-state index contributed by atoms with van der Waals surface area (Å²) in [4.78, 5) is 37.0. The van der Waals surface area contributed by atoms with E-state index in [2.05, 4.69) is 5.32 Å². The third-order valence-electron chi connectivity index (χ3n) is 3.46. The van der Waals surface area contributed by atoms with Crippen molar-refractivity contribution in [1.82, 2.24) is 4.90 Å². The van der Waals surface area contributed by atoms with Crippen molar-refractivity contribution in [2.75, 3.05) is 25.5 Å². The zero-order chi connectivity index (χ0) is 20.0. The molecule has 27 heavy (non-hydrogen) atoms. The molecule has 2 aromatic rings. The lowest BCUT2D eigenvalue weighted by Crippen LogP contribution is -2.37. The second-order valence-electron chi connectivity index (χ2n) is 5.52. The van der Waals surface area contributed by atoms with Crippen LogP contribution >= 0.6 is 23.2 Å². The van der Waals surface area contributed by atoms with Crippen LogP contribution in [0.5, 0.6) is 5.75 Å². The van der Waals surface area contributed by atoms with Gasteiger partial charge in [-0.05, 0) is 30.3 Å². The van der Waals surface area contributed by atoms with Crippen LogP contribution in [-0.2, 0) is 14.3 Å². The van der Waals surface area contributed by atoms with E-state index in [1.807, 2.05) is 0 Å². The summed E-state index contributed by atoms with van der Waals surface area (Å²) in [6.45, 7) is -0.822. The van der Waals surface area contributed by atoms with E-state index < -0.39 is 24.4 Å². The summed E-state index contributed by atoms with van der Waals surface area (Å²) >= 11 is 11.7. The van der Waals surface area contributed by atoms with Gasteiger partial charge in [0.05, 0.1) is 16.6 Å². The van der Waals surface area contributed by atoms with Gasteiger partial charge in [0, 0.05) is 12.7 Å². The normalized spacial score (nSPS) is 10.2. The highest BCUT2D eigenvalue weighted by Gasteiger charge is 2.17. The first kappa shape index (κ1) is 20.5. The van der Waals surface area contributed by atoms with Crippen LogP contribution in [0.15, 0.2) is 42.5 Å². The van der Waals surface area contributed by atoms with Crippen molar-refractivity contribution in [2.24, 2.45) is 0 Å². The maximum absolute atomic E-state index is 12.0. The number of phenolic OH excluding ortho intramolecular Hbond substituents is 1. The van der Waals surface area contributed by atoms with Gasteiger partial charge in [-0.15, -0.1) is 0 Å². The monoisotopic (exact) mass is 410 g/mol. The minimum atomic E-state index is -0.838. The molecular weight excluding hydrogens is 395 g/mol. The minimum Gasteiger partial charge on any atom is -0.507 e. The van der Waals surface area contributed by atoms with Crippen LogP contribution in [-0.4, -0.2) is 48.0 Å². The summed E-state index contributed by atoms with van der Waals surface area (Å²) in [5.41, 5.74) is 0.381. The number of carbonyl (C=O) groups excluding carboxylic acids is 3. The third-order valence-corrected chi connectivity index (χ3v) is 4.20. The fraction of sp³-hybridized carbons (Fsp3) is 0.167. The quantitative estimate of drug-likeness (QED) is 0.713. The number of hydrogen-bond acceptors (Lipinski definition) is 5. The van der Waals surface area contributed by atoms with E-state index in [0.29, 0.717) is 10.7 Å². The zero-order valence-corrected chi connectivity index (χ0v) is 15.8. The average Bonchev–Trinajstić information content (AvgIpc) is 2.62. The fourth-order valence-corrected chi connectivity index (χ4v) is 2.34. The average molecular weight is 411 g/mol. The molecule has 9 heteroatoms. The number of anilines is 1. The number of aromatic hydroxyl groups is 1. The minimum absolute atomic E-state index is 0.0506. The molecule has 0 aliphatic carbocycles. The van der Waals surface area contributed by atoms with Crippen molar-refractivity contribution in [2.45, 2.75) is 0 Å². The van der Waals surface area contributed by atoms with E-state index in [1.165, 1.54) is 31.3 Å². The molecule has 2 amide bonds. The molecule has 142 valence electrons. The Morgan fingerprint density at radius 3 is 2.48 bits per heavy atom. The Morgan fingerprint density at radius 1 is 1.11 bits per heavy atom. The van der Waals surface area contributed by atoms with Crippen LogP contribution in [0.25, 0.3) is 0 Å². The van der Waals surface area contributed by atoms with Crippen molar-refractivity contribution in [3.8, 4) is 5.75 Å². The van der Waals surface area contributed by atoms with Crippen molar-refractivity contribution in [3.05, 3.63) is 58.1 Å². The molecule has 0 heterocycles. The highest BCUT2D eigenvalue weighted by Crippen LogP contribution is 2.24. The van der Waals surface area contributed by atoms with E-state index in [1.54, 1.807) is 18.2 Å². The molecule has 0 aliphatic heterocycles. The molecule has 2 aromatic carbocycles. The van der Waals surface area contributed by atoms with Gasteiger partial charge in [-0.25, -0.2) is 4.79 Å². The van der Waals surface area contributed by atoms with Gasteiger partial charge in [-0.1, -0.05) is 35.3 Å². The predicted molar refractivity (Wildman–Crippen MR) is 101 cm³/mol. The number of ether oxygens (including phenoxy) is 1. The van der Waals surface area contributed by atoms with E-state index in [4.69, 9.17) is 27.9 Å². The van der Waals surface area contributed by atoms with Crippen LogP contribution in [0.1, 0.15) is 10.4 Å². The summed E-state index contributed by atoms with van der Waals surface area (Å²) < 4.78 is 4.87. The van der Waals surface area contributed by atoms with E-state index in [-0.39, 0.29) is 22.9 Å². The van der Waals surface area contributed by atoms with Crippen LogP contribution in [0, 0.1) is 0 Å². The number of halogens is 2. The number of nitrogens with zero attached hydrogens (tertiary/aromatic N) is 1. The number of benzene rings is 2.